The molecule has 0 N–H and O–H groups in total. The molecule has 8 nitrogen and oxygen atoms in total. The molecule has 0 radical (unpaired) electrons. The normalized spacial score (nSPS) is 11.6. The van der Waals surface area contributed by atoms with Crippen LogP contribution in [0.15, 0.2) is 47.7 Å². The number of aryl methyl sites for hydroxylation is 4. The minimum atomic E-state index is -0.123. The van der Waals surface area contributed by atoms with Gasteiger partial charge in [-0.3, -0.25) is 23.8 Å². The van der Waals surface area contributed by atoms with E-state index in [1.54, 1.807) is 27.1 Å². The molecular weight excluding hydrogens is 402 g/mol. The molecule has 5 rings (SSSR count). The number of hydrogen-bond donors (Lipinski definition) is 0. The largest absolute Gasteiger partial charge is 0.376 e. The first-order valence-corrected chi connectivity index (χ1v) is 10.4. The topological polar surface area (TPSA) is 73.8 Å². The number of fused-ring (bicyclic) bond motifs is 3. The summed E-state index contributed by atoms with van der Waals surface area (Å²) in [6, 6.07) is 8.28. The maximum absolute atomic E-state index is 13.3. The zero-order valence-electron chi connectivity index (χ0n) is 19.1. The van der Waals surface area contributed by atoms with Crippen LogP contribution in [0, 0.1) is 13.8 Å². The molecule has 0 fully saturated rings. The van der Waals surface area contributed by atoms with Gasteiger partial charge in [0, 0.05) is 51.5 Å². The van der Waals surface area contributed by atoms with Gasteiger partial charge in [-0.1, -0.05) is 6.07 Å². The van der Waals surface area contributed by atoms with Crippen LogP contribution in [0.1, 0.15) is 11.4 Å². The number of hydrogen-bond acceptors (Lipinski definition) is 5. The van der Waals surface area contributed by atoms with E-state index in [1.165, 1.54) is 0 Å². The van der Waals surface area contributed by atoms with Crippen molar-refractivity contribution in [1.29, 1.82) is 0 Å². The zero-order chi connectivity index (χ0) is 22.7. The van der Waals surface area contributed by atoms with Crippen LogP contribution in [0.3, 0.4) is 0 Å². The molecule has 0 aliphatic rings. The number of anilines is 1. The Morgan fingerprint density at radius 1 is 0.938 bits per heavy atom. The fraction of sp³-hybridized carbons (Fsp3) is 0.250. The Morgan fingerprint density at radius 2 is 1.72 bits per heavy atom. The highest BCUT2D eigenvalue weighted by atomic mass is 16.1. The van der Waals surface area contributed by atoms with Gasteiger partial charge < -0.3 is 4.90 Å². The van der Waals surface area contributed by atoms with Crippen molar-refractivity contribution in [3.8, 4) is 16.8 Å². The SMILES string of the molecule is Cc1ncc(-c2ccc3ncc4c(c3c2)n(-c2cn(C)nc2C)c(=O)n4C)cc1N(C)C. The van der Waals surface area contributed by atoms with Crippen LogP contribution in [0.25, 0.3) is 38.8 Å². The molecule has 5 aromatic rings. The average molecular weight is 428 g/mol. The smallest absolute Gasteiger partial charge is 0.333 e. The number of rotatable bonds is 3. The minimum Gasteiger partial charge on any atom is -0.376 e. The standard InChI is InChI=1S/C24H25N7O/c1-14-20(28(3)4)10-17(11-25-14)16-7-8-19-18(9-16)23-21(12-26-19)30(6)24(32)31(23)22-13-29(5)27-15(22)2/h7-13H,1-6H3. The van der Waals surface area contributed by atoms with Crippen LogP contribution in [0.4, 0.5) is 5.69 Å². The third kappa shape index (κ3) is 2.90. The fourth-order valence-electron chi connectivity index (χ4n) is 4.34. The molecule has 0 bridgehead atoms. The van der Waals surface area contributed by atoms with Crippen molar-refractivity contribution in [3.63, 3.8) is 0 Å². The lowest BCUT2D eigenvalue weighted by molar-refractivity contribution is 0.756. The first kappa shape index (κ1) is 20.0. The lowest BCUT2D eigenvalue weighted by Crippen LogP contribution is -2.21. The summed E-state index contributed by atoms with van der Waals surface area (Å²) >= 11 is 0. The summed E-state index contributed by atoms with van der Waals surface area (Å²) in [6.45, 7) is 3.92. The lowest BCUT2D eigenvalue weighted by atomic mass is 10.0. The summed E-state index contributed by atoms with van der Waals surface area (Å²) in [4.78, 5) is 24.5. The zero-order valence-corrected chi connectivity index (χ0v) is 19.1. The van der Waals surface area contributed by atoms with Gasteiger partial charge in [0.1, 0.15) is 0 Å². The second kappa shape index (κ2) is 7.05. The van der Waals surface area contributed by atoms with Gasteiger partial charge in [0.15, 0.2) is 0 Å². The van der Waals surface area contributed by atoms with Crippen molar-refractivity contribution in [3.05, 3.63) is 64.7 Å². The fourth-order valence-corrected chi connectivity index (χ4v) is 4.34. The summed E-state index contributed by atoms with van der Waals surface area (Å²) in [7, 11) is 7.66. The number of nitrogens with zero attached hydrogens (tertiary/aromatic N) is 7. The molecule has 0 spiro atoms. The number of aromatic nitrogens is 6. The summed E-state index contributed by atoms with van der Waals surface area (Å²) in [5.74, 6) is 0. The van der Waals surface area contributed by atoms with Crippen LogP contribution in [0.5, 0.6) is 0 Å². The predicted octanol–water partition coefficient (Wildman–Crippen LogP) is 3.36. The Kier molecular flexibility index (Phi) is 4.40. The van der Waals surface area contributed by atoms with Gasteiger partial charge in [-0.25, -0.2) is 4.79 Å². The average Bonchev–Trinajstić information content (AvgIpc) is 3.22. The maximum Gasteiger partial charge on any atom is 0.333 e. The van der Waals surface area contributed by atoms with E-state index in [2.05, 4.69) is 32.1 Å². The predicted molar refractivity (Wildman–Crippen MR) is 128 cm³/mol. The second-order valence-corrected chi connectivity index (χ2v) is 8.40. The van der Waals surface area contributed by atoms with E-state index < -0.39 is 0 Å². The van der Waals surface area contributed by atoms with Crippen molar-refractivity contribution in [2.45, 2.75) is 13.8 Å². The molecule has 0 aliphatic carbocycles. The van der Waals surface area contributed by atoms with Gasteiger partial charge in [-0.05, 0) is 37.6 Å². The van der Waals surface area contributed by atoms with Crippen LogP contribution in [-0.4, -0.2) is 43.0 Å². The highest BCUT2D eigenvalue weighted by Crippen LogP contribution is 2.31. The molecule has 4 aromatic heterocycles. The monoisotopic (exact) mass is 427 g/mol. The summed E-state index contributed by atoms with van der Waals surface area (Å²) in [6.07, 6.45) is 5.53. The van der Waals surface area contributed by atoms with Gasteiger partial charge in [-0.15, -0.1) is 0 Å². The van der Waals surface area contributed by atoms with E-state index in [0.717, 1.165) is 55.8 Å². The van der Waals surface area contributed by atoms with Crippen molar-refractivity contribution < 1.29 is 0 Å². The highest BCUT2D eigenvalue weighted by Gasteiger charge is 2.19. The van der Waals surface area contributed by atoms with Crippen LogP contribution < -0.4 is 10.6 Å². The Morgan fingerprint density at radius 3 is 2.41 bits per heavy atom. The van der Waals surface area contributed by atoms with Crippen molar-refractivity contribution in [2.75, 3.05) is 19.0 Å². The van der Waals surface area contributed by atoms with Crippen LogP contribution >= 0.6 is 0 Å². The van der Waals surface area contributed by atoms with E-state index in [4.69, 9.17) is 0 Å². The first-order chi connectivity index (χ1) is 15.3. The van der Waals surface area contributed by atoms with Crippen LogP contribution in [0.2, 0.25) is 0 Å². The van der Waals surface area contributed by atoms with Gasteiger partial charge in [0.05, 0.1) is 45.5 Å². The Hall–Kier alpha value is -3.94. The van der Waals surface area contributed by atoms with E-state index >= 15 is 0 Å². The van der Waals surface area contributed by atoms with E-state index in [9.17, 15) is 4.79 Å². The van der Waals surface area contributed by atoms with Gasteiger partial charge in [-0.2, -0.15) is 5.10 Å². The molecule has 4 heterocycles. The maximum atomic E-state index is 13.3. The molecule has 162 valence electrons. The molecule has 0 unspecified atom stereocenters. The number of benzene rings is 1. The quantitative estimate of drug-likeness (QED) is 0.441. The third-order valence-corrected chi connectivity index (χ3v) is 5.99. The summed E-state index contributed by atoms with van der Waals surface area (Å²) < 4.78 is 5.11. The van der Waals surface area contributed by atoms with E-state index in [1.807, 2.05) is 59.5 Å². The van der Waals surface area contributed by atoms with Crippen LogP contribution in [-0.2, 0) is 14.1 Å². The first-order valence-electron chi connectivity index (χ1n) is 10.4. The number of pyridine rings is 2. The van der Waals surface area contributed by atoms with Crippen molar-refractivity contribution in [2.24, 2.45) is 14.1 Å². The molecule has 0 aliphatic heterocycles. The summed E-state index contributed by atoms with van der Waals surface area (Å²) in [5, 5.41) is 5.35. The molecule has 0 saturated heterocycles. The Balaban J connectivity index is 1.84. The van der Waals surface area contributed by atoms with E-state index in [0.29, 0.717) is 0 Å². The van der Waals surface area contributed by atoms with Gasteiger partial charge in [0.2, 0.25) is 0 Å². The molecule has 8 heteroatoms. The molecule has 32 heavy (non-hydrogen) atoms. The molecule has 0 atom stereocenters. The van der Waals surface area contributed by atoms with Gasteiger partial charge >= 0.3 is 5.69 Å². The molecule has 1 aromatic carbocycles. The minimum absolute atomic E-state index is 0.123. The van der Waals surface area contributed by atoms with E-state index in [-0.39, 0.29) is 5.69 Å². The van der Waals surface area contributed by atoms with Crippen molar-refractivity contribution >= 4 is 27.6 Å². The van der Waals surface area contributed by atoms with Crippen molar-refractivity contribution in [1.82, 2.24) is 28.9 Å². The molecule has 0 amide bonds. The lowest BCUT2D eigenvalue weighted by Gasteiger charge is -2.16. The Bertz CT molecular complexity index is 1570. The second-order valence-electron chi connectivity index (χ2n) is 8.40. The third-order valence-electron chi connectivity index (χ3n) is 5.99. The Labute approximate surface area is 185 Å². The van der Waals surface area contributed by atoms with Gasteiger partial charge in [0.25, 0.3) is 0 Å². The molecule has 0 saturated carbocycles. The number of imidazole rings is 1. The summed E-state index contributed by atoms with van der Waals surface area (Å²) in [5.41, 5.74) is 7.96. The highest BCUT2D eigenvalue weighted by molar-refractivity contribution is 6.04. The molecular formula is C24H25N7O.